The summed E-state index contributed by atoms with van der Waals surface area (Å²) in [7, 11) is 1.44. The number of thioether (sulfide) groups is 2. The van der Waals surface area contributed by atoms with Crippen LogP contribution < -0.4 is 4.31 Å². The maximum Gasteiger partial charge on any atom is 0.260 e. The molecule has 1 unspecified atom stereocenters. The van der Waals surface area contributed by atoms with Crippen LogP contribution in [0.3, 0.4) is 0 Å². The molecule has 2 aromatic carbocycles. The Hall–Kier alpha value is -3.13. The Labute approximate surface area is 234 Å². The summed E-state index contributed by atoms with van der Waals surface area (Å²) in [5.74, 6) is -1.15. The molecule has 6 rings (SSSR count). The molecule has 39 heavy (non-hydrogen) atoms. The zero-order valence-electron chi connectivity index (χ0n) is 21.1. The first kappa shape index (κ1) is 26.1. The van der Waals surface area contributed by atoms with Gasteiger partial charge in [0.2, 0.25) is 0 Å². The number of aromatic nitrogens is 1. The van der Waals surface area contributed by atoms with Crippen LogP contribution in [0.5, 0.6) is 0 Å². The number of para-hydroxylation sites is 2. The van der Waals surface area contributed by atoms with E-state index in [0.717, 1.165) is 27.0 Å². The van der Waals surface area contributed by atoms with Gasteiger partial charge in [-0.2, -0.15) is 0 Å². The highest BCUT2D eigenvalue weighted by molar-refractivity contribution is 8.15. The van der Waals surface area contributed by atoms with E-state index in [0.29, 0.717) is 28.6 Å². The van der Waals surface area contributed by atoms with Crippen LogP contribution in [-0.2, 0) is 35.9 Å². The summed E-state index contributed by atoms with van der Waals surface area (Å²) < 4.78 is 27.0. The molecule has 3 aliphatic heterocycles. The lowest BCUT2D eigenvalue weighted by molar-refractivity contribution is -0.157. The van der Waals surface area contributed by atoms with Crippen molar-refractivity contribution in [2.45, 2.75) is 42.1 Å². The van der Waals surface area contributed by atoms with E-state index in [2.05, 4.69) is 4.98 Å². The van der Waals surface area contributed by atoms with Gasteiger partial charge in [-0.05, 0) is 35.0 Å². The summed E-state index contributed by atoms with van der Waals surface area (Å²) in [6, 6.07) is 14.5. The molecule has 5 atom stereocenters. The van der Waals surface area contributed by atoms with Gasteiger partial charge < -0.3 is 14.4 Å². The molecule has 2 saturated heterocycles. The maximum absolute atomic E-state index is 14.3. The van der Waals surface area contributed by atoms with E-state index in [4.69, 9.17) is 0 Å². The van der Waals surface area contributed by atoms with Crippen LogP contribution in [0.25, 0.3) is 10.9 Å². The van der Waals surface area contributed by atoms with E-state index in [1.165, 1.54) is 30.7 Å². The molecule has 13 heteroatoms. The average molecular weight is 584 g/mol. The van der Waals surface area contributed by atoms with Crippen LogP contribution >= 0.6 is 23.5 Å². The number of hydrogen-bond donors (Lipinski definition) is 1. The second kappa shape index (κ2) is 8.95. The molecular formula is C26H23N4O6S3-. The van der Waals surface area contributed by atoms with Crippen molar-refractivity contribution in [3.63, 3.8) is 0 Å². The third kappa shape index (κ3) is 3.43. The van der Waals surface area contributed by atoms with Crippen molar-refractivity contribution in [3.8, 4) is 0 Å². The van der Waals surface area contributed by atoms with Crippen LogP contribution in [0.1, 0.15) is 31.4 Å². The summed E-state index contributed by atoms with van der Waals surface area (Å²) in [4.78, 5) is 57.4. The van der Waals surface area contributed by atoms with Gasteiger partial charge in [-0.1, -0.05) is 48.2 Å². The molecule has 3 aliphatic rings. The predicted octanol–water partition coefficient (Wildman–Crippen LogP) is 2.68. The lowest BCUT2D eigenvalue weighted by Crippen LogP contribution is -2.70. The minimum absolute atomic E-state index is 0.0478. The summed E-state index contributed by atoms with van der Waals surface area (Å²) in [6.45, 7) is 2.61. The fraction of sp³-hybridized carbons (Fsp3) is 0.308. The molecule has 0 bridgehead atoms. The number of nitrogens with one attached hydrogen (secondary N) is 1. The minimum Gasteiger partial charge on any atom is -0.755 e. The number of nitrogens with zero attached hydrogens (tertiary/aromatic N) is 3. The number of fused-ring (bicyclic) bond motifs is 6. The fourth-order valence-electron chi connectivity index (χ4n) is 6.47. The van der Waals surface area contributed by atoms with Gasteiger partial charge in [-0.3, -0.25) is 32.6 Å². The highest BCUT2D eigenvalue weighted by atomic mass is 32.2. The molecule has 10 nitrogen and oxygen atoms in total. The first-order chi connectivity index (χ1) is 18.5. The highest BCUT2D eigenvalue weighted by Gasteiger charge is 2.74. The number of rotatable bonds is 4. The predicted molar refractivity (Wildman–Crippen MR) is 148 cm³/mol. The normalized spacial score (nSPS) is 28.5. The number of anilines is 1. The number of piperazine rings is 1. The lowest BCUT2D eigenvalue weighted by Gasteiger charge is -2.49. The monoisotopic (exact) mass is 583 g/mol. The third-order valence-corrected chi connectivity index (χ3v) is 10.6. The molecule has 0 radical (unpaired) electrons. The minimum atomic E-state index is -2.85. The number of likely N-dealkylation sites (N-methyl/N-ethyl adjacent to an activating group) is 1. The number of benzene rings is 2. The number of aromatic amines is 1. The molecule has 2 fully saturated rings. The van der Waals surface area contributed by atoms with Gasteiger partial charge in [0.05, 0.1) is 11.1 Å². The number of H-pyrrole nitrogens is 1. The number of hydrogen-bond acceptors (Lipinski definition) is 8. The van der Waals surface area contributed by atoms with E-state index in [9.17, 15) is 27.9 Å². The molecule has 1 N–H and O–H groups in total. The van der Waals surface area contributed by atoms with Gasteiger partial charge in [0, 0.05) is 55.7 Å². The fourth-order valence-corrected chi connectivity index (χ4v) is 9.30. The van der Waals surface area contributed by atoms with E-state index in [-0.39, 0.29) is 11.5 Å². The Bertz CT molecular complexity index is 1610. The highest BCUT2D eigenvalue weighted by Crippen LogP contribution is 2.65. The van der Waals surface area contributed by atoms with Crippen molar-refractivity contribution in [1.29, 1.82) is 0 Å². The molecule has 3 aromatic rings. The van der Waals surface area contributed by atoms with Crippen LogP contribution in [0.15, 0.2) is 54.7 Å². The van der Waals surface area contributed by atoms with E-state index >= 15 is 0 Å². The molecule has 202 valence electrons. The van der Waals surface area contributed by atoms with Crippen LogP contribution in [0, 0.1) is 0 Å². The van der Waals surface area contributed by atoms with Crippen LogP contribution in [0.4, 0.5) is 5.69 Å². The Balaban J connectivity index is 1.71. The van der Waals surface area contributed by atoms with Gasteiger partial charge in [-0.15, -0.1) is 0 Å². The summed E-state index contributed by atoms with van der Waals surface area (Å²) in [6.07, 6.45) is 0.546. The average Bonchev–Trinajstić information content (AvgIpc) is 3.52. The van der Waals surface area contributed by atoms with Crippen molar-refractivity contribution < 1.29 is 27.9 Å². The van der Waals surface area contributed by atoms with E-state index in [1.807, 2.05) is 30.3 Å². The Kier molecular flexibility index (Phi) is 5.99. The molecule has 4 heterocycles. The number of amides is 2. The van der Waals surface area contributed by atoms with Crippen LogP contribution in [0.2, 0.25) is 0 Å². The Morgan fingerprint density at radius 3 is 2.44 bits per heavy atom. The number of carbonyl (C=O) groups excluding carboxylic acids is 4. The summed E-state index contributed by atoms with van der Waals surface area (Å²) >= 11 is -1.44. The first-order valence-electron chi connectivity index (χ1n) is 12.1. The van der Waals surface area contributed by atoms with E-state index < -0.39 is 50.0 Å². The van der Waals surface area contributed by atoms with Crippen molar-refractivity contribution in [2.75, 3.05) is 11.4 Å². The topological polar surface area (TPSA) is 134 Å². The standard InChI is InChI=1S/C26H24N4O6S3/c1-14(31)37-22-21(33)29-23-25(18-12-27-19-10-6-4-8-16(18)19,13-26(29,38-15(2)32)24(34)28(22)3)17-9-5-7-11-20(17)30(23)39(35)36/h4-12,22-23,27H,13H2,1-3H3,(H,35,36)/p-1/t22-,23-,25+,26-/m0/s1. The zero-order chi connectivity index (χ0) is 27.9. The van der Waals surface area contributed by atoms with Gasteiger partial charge in [-0.25, -0.2) is 0 Å². The number of carbonyl (C=O) groups is 4. The molecule has 2 amide bonds. The van der Waals surface area contributed by atoms with Crippen molar-refractivity contribution in [1.82, 2.24) is 14.8 Å². The lowest BCUT2D eigenvalue weighted by atomic mass is 9.72. The van der Waals surface area contributed by atoms with Crippen molar-refractivity contribution in [2.24, 2.45) is 0 Å². The second-order valence-corrected chi connectivity index (χ2v) is 13.3. The van der Waals surface area contributed by atoms with Crippen molar-refractivity contribution >= 4 is 73.4 Å². The Morgan fingerprint density at radius 2 is 1.74 bits per heavy atom. The Morgan fingerprint density at radius 1 is 1.05 bits per heavy atom. The smallest absolute Gasteiger partial charge is 0.260 e. The molecule has 0 spiro atoms. The quantitative estimate of drug-likeness (QED) is 0.464. The third-order valence-electron chi connectivity index (χ3n) is 7.71. The van der Waals surface area contributed by atoms with Gasteiger partial charge in [0.15, 0.2) is 20.5 Å². The molecule has 0 aliphatic carbocycles. The van der Waals surface area contributed by atoms with Crippen molar-refractivity contribution in [3.05, 3.63) is 65.9 Å². The zero-order valence-corrected chi connectivity index (χ0v) is 23.5. The maximum atomic E-state index is 14.3. The van der Waals surface area contributed by atoms with Crippen LogP contribution in [-0.4, -0.2) is 69.0 Å². The van der Waals surface area contributed by atoms with E-state index in [1.54, 1.807) is 24.4 Å². The van der Waals surface area contributed by atoms with Gasteiger partial charge in [0.25, 0.3) is 11.8 Å². The molecule has 0 saturated carbocycles. The summed E-state index contributed by atoms with van der Waals surface area (Å²) in [5.41, 5.74) is 1.32. The first-order valence-corrected chi connectivity index (χ1v) is 14.8. The largest absolute Gasteiger partial charge is 0.755 e. The second-order valence-electron chi connectivity index (χ2n) is 9.79. The molecule has 1 aromatic heterocycles. The molecular weight excluding hydrogens is 561 g/mol. The van der Waals surface area contributed by atoms with Gasteiger partial charge >= 0.3 is 0 Å². The SMILES string of the molecule is CC(=O)S[C@H]1C(=O)N2[C@H]3N(S(=O)[O-])c4ccccc4[C@@]3(c3c[nH]c4ccccc34)C[C@]2(SC(C)=O)C(=O)N1C. The summed E-state index contributed by atoms with van der Waals surface area (Å²) in [5, 5.41) is -1.17. The van der Waals surface area contributed by atoms with Gasteiger partial charge in [0.1, 0.15) is 6.17 Å².